The first-order chi connectivity index (χ1) is 7.65. The lowest BCUT2D eigenvalue weighted by atomic mass is 9.96. The van der Waals surface area contributed by atoms with E-state index in [1.165, 1.54) is 0 Å². The Kier molecular flexibility index (Phi) is 5.77. The van der Waals surface area contributed by atoms with Crippen molar-refractivity contribution in [3.63, 3.8) is 0 Å². The lowest BCUT2D eigenvalue weighted by molar-refractivity contribution is -0.135. The molecule has 94 valence electrons. The van der Waals surface area contributed by atoms with Crippen LogP contribution < -0.4 is 5.73 Å². The smallest absolute Gasteiger partial charge is 0.227 e. The van der Waals surface area contributed by atoms with Crippen LogP contribution in [0.25, 0.3) is 0 Å². The van der Waals surface area contributed by atoms with E-state index in [0.717, 1.165) is 26.0 Å². The molecule has 2 N–H and O–H groups in total. The number of carbonyl (C=O) groups is 1. The molecule has 1 saturated heterocycles. The van der Waals surface area contributed by atoms with Gasteiger partial charge < -0.3 is 15.4 Å². The summed E-state index contributed by atoms with van der Waals surface area (Å²) in [6.45, 7) is 7.66. The summed E-state index contributed by atoms with van der Waals surface area (Å²) in [6, 6.07) is 0. The molecule has 0 bridgehead atoms. The number of ether oxygens (including phenoxy) is 1. The monoisotopic (exact) mass is 228 g/mol. The largest absolute Gasteiger partial charge is 0.380 e. The van der Waals surface area contributed by atoms with Gasteiger partial charge in [-0.2, -0.15) is 0 Å². The van der Waals surface area contributed by atoms with Gasteiger partial charge in [0, 0.05) is 26.2 Å². The van der Waals surface area contributed by atoms with Gasteiger partial charge in [0.1, 0.15) is 0 Å². The maximum atomic E-state index is 12.2. The SMILES string of the molecule is CC(C)CC(CN)C(=O)N1CCCOCC1. The number of amides is 1. The molecule has 0 radical (unpaired) electrons. The van der Waals surface area contributed by atoms with E-state index in [1.807, 2.05) is 4.90 Å². The summed E-state index contributed by atoms with van der Waals surface area (Å²) in [4.78, 5) is 14.1. The van der Waals surface area contributed by atoms with E-state index in [9.17, 15) is 4.79 Å². The third kappa shape index (κ3) is 4.10. The first kappa shape index (κ1) is 13.5. The van der Waals surface area contributed by atoms with Crippen LogP contribution in [-0.2, 0) is 9.53 Å². The summed E-state index contributed by atoms with van der Waals surface area (Å²) < 4.78 is 5.34. The Morgan fingerprint density at radius 1 is 1.38 bits per heavy atom. The Morgan fingerprint density at radius 3 is 2.75 bits per heavy atom. The first-order valence-corrected chi connectivity index (χ1v) is 6.21. The minimum Gasteiger partial charge on any atom is -0.380 e. The van der Waals surface area contributed by atoms with E-state index >= 15 is 0 Å². The van der Waals surface area contributed by atoms with Gasteiger partial charge in [-0.25, -0.2) is 0 Å². The van der Waals surface area contributed by atoms with E-state index in [2.05, 4.69) is 13.8 Å². The number of rotatable bonds is 4. The van der Waals surface area contributed by atoms with Crippen LogP contribution in [0, 0.1) is 11.8 Å². The van der Waals surface area contributed by atoms with Crippen molar-refractivity contribution >= 4 is 5.91 Å². The predicted molar refractivity (Wildman–Crippen MR) is 64.0 cm³/mol. The fourth-order valence-electron chi connectivity index (χ4n) is 2.09. The highest BCUT2D eigenvalue weighted by Crippen LogP contribution is 2.14. The molecule has 1 heterocycles. The fourth-order valence-corrected chi connectivity index (χ4v) is 2.09. The van der Waals surface area contributed by atoms with E-state index in [0.29, 0.717) is 25.6 Å². The normalized spacial score (nSPS) is 19.6. The van der Waals surface area contributed by atoms with Gasteiger partial charge in [-0.3, -0.25) is 4.79 Å². The Balaban J connectivity index is 2.51. The molecule has 1 unspecified atom stereocenters. The summed E-state index contributed by atoms with van der Waals surface area (Å²) in [5.41, 5.74) is 5.69. The lowest BCUT2D eigenvalue weighted by Crippen LogP contribution is -2.41. The van der Waals surface area contributed by atoms with Gasteiger partial charge in [-0.05, 0) is 18.8 Å². The highest BCUT2D eigenvalue weighted by atomic mass is 16.5. The molecule has 0 aromatic rings. The molecule has 1 aliphatic heterocycles. The second-order valence-corrected chi connectivity index (χ2v) is 4.85. The molecule has 0 saturated carbocycles. The van der Waals surface area contributed by atoms with Crippen LogP contribution in [0.15, 0.2) is 0 Å². The van der Waals surface area contributed by atoms with E-state index in [4.69, 9.17) is 10.5 Å². The third-order valence-corrected chi connectivity index (χ3v) is 2.92. The van der Waals surface area contributed by atoms with Crippen LogP contribution in [-0.4, -0.2) is 43.7 Å². The van der Waals surface area contributed by atoms with Gasteiger partial charge in [0.05, 0.1) is 12.5 Å². The van der Waals surface area contributed by atoms with Crippen LogP contribution in [0.5, 0.6) is 0 Å². The van der Waals surface area contributed by atoms with Crippen molar-refractivity contribution in [3.8, 4) is 0 Å². The van der Waals surface area contributed by atoms with Gasteiger partial charge in [0.15, 0.2) is 0 Å². The van der Waals surface area contributed by atoms with Gasteiger partial charge >= 0.3 is 0 Å². The third-order valence-electron chi connectivity index (χ3n) is 2.92. The molecule has 4 nitrogen and oxygen atoms in total. The first-order valence-electron chi connectivity index (χ1n) is 6.21. The number of nitrogens with two attached hydrogens (primary N) is 1. The Hall–Kier alpha value is -0.610. The molecular formula is C12H24N2O2. The average Bonchev–Trinajstić information content (AvgIpc) is 2.53. The van der Waals surface area contributed by atoms with Gasteiger partial charge in [0.25, 0.3) is 0 Å². The minimum absolute atomic E-state index is 0.0156. The Labute approximate surface area is 98.1 Å². The lowest BCUT2D eigenvalue weighted by Gasteiger charge is -2.25. The summed E-state index contributed by atoms with van der Waals surface area (Å²) in [5, 5.41) is 0. The average molecular weight is 228 g/mol. The van der Waals surface area contributed by atoms with Crippen LogP contribution in [0.2, 0.25) is 0 Å². The van der Waals surface area contributed by atoms with Crippen molar-refractivity contribution < 1.29 is 9.53 Å². The molecule has 0 aromatic heterocycles. The standard InChI is InChI=1S/C12H24N2O2/c1-10(2)8-11(9-13)12(15)14-4-3-6-16-7-5-14/h10-11H,3-9,13H2,1-2H3. The molecule has 1 amide bonds. The molecule has 0 aromatic carbocycles. The predicted octanol–water partition coefficient (Wildman–Crippen LogP) is 0.856. The van der Waals surface area contributed by atoms with Gasteiger partial charge in [0.2, 0.25) is 5.91 Å². The number of nitrogens with zero attached hydrogens (tertiary/aromatic N) is 1. The molecule has 4 heteroatoms. The zero-order valence-corrected chi connectivity index (χ0v) is 10.4. The molecule has 1 atom stereocenters. The minimum atomic E-state index is -0.0156. The van der Waals surface area contributed by atoms with Crippen LogP contribution in [0.4, 0.5) is 0 Å². The fraction of sp³-hybridized carbons (Fsp3) is 0.917. The van der Waals surface area contributed by atoms with Crippen molar-refractivity contribution in [3.05, 3.63) is 0 Å². The Bertz CT molecular complexity index is 207. The van der Waals surface area contributed by atoms with Crippen LogP contribution >= 0.6 is 0 Å². The van der Waals surface area contributed by atoms with Crippen molar-refractivity contribution in [2.75, 3.05) is 32.8 Å². The number of hydrogen-bond acceptors (Lipinski definition) is 3. The summed E-state index contributed by atoms with van der Waals surface area (Å²) >= 11 is 0. The molecular weight excluding hydrogens is 204 g/mol. The van der Waals surface area contributed by atoms with Gasteiger partial charge in [-0.15, -0.1) is 0 Å². The molecule has 0 spiro atoms. The van der Waals surface area contributed by atoms with Crippen molar-refractivity contribution in [1.82, 2.24) is 4.90 Å². The van der Waals surface area contributed by atoms with E-state index in [-0.39, 0.29) is 11.8 Å². The zero-order valence-electron chi connectivity index (χ0n) is 10.4. The second-order valence-electron chi connectivity index (χ2n) is 4.85. The molecule has 16 heavy (non-hydrogen) atoms. The highest BCUT2D eigenvalue weighted by Gasteiger charge is 2.24. The van der Waals surface area contributed by atoms with Crippen molar-refractivity contribution in [1.29, 1.82) is 0 Å². The second kappa shape index (κ2) is 6.86. The van der Waals surface area contributed by atoms with Crippen LogP contribution in [0.3, 0.4) is 0 Å². The van der Waals surface area contributed by atoms with Crippen LogP contribution in [0.1, 0.15) is 26.7 Å². The zero-order chi connectivity index (χ0) is 12.0. The Morgan fingerprint density at radius 2 is 2.12 bits per heavy atom. The maximum Gasteiger partial charge on any atom is 0.227 e. The number of hydrogen-bond donors (Lipinski definition) is 1. The summed E-state index contributed by atoms with van der Waals surface area (Å²) in [6.07, 6.45) is 1.82. The summed E-state index contributed by atoms with van der Waals surface area (Å²) in [7, 11) is 0. The topological polar surface area (TPSA) is 55.6 Å². The highest BCUT2D eigenvalue weighted by molar-refractivity contribution is 5.79. The van der Waals surface area contributed by atoms with Gasteiger partial charge in [-0.1, -0.05) is 13.8 Å². The summed E-state index contributed by atoms with van der Waals surface area (Å²) in [5.74, 6) is 0.709. The van der Waals surface area contributed by atoms with E-state index < -0.39 is 0 Å². The molecule has 1 rings (SSSR count). The van der Waals surface area contributed by atoms with E-state index in [1.54, 1.807) is 0 Å². The van der Waals surface area contributed by atoms with Crippen molar-refractivity contribution in [2.45, 2.75) is 26.7 Å². The quantitative estimate of drug-likeness (QED) is 0.776. The maximum absolute atomic E-state index is 12.2. The molecule has 1 aliphatic rings. The number of carbonyl (C=O) groups excluding carboxylic acids is 1. The van der Waals surface area contributed by atoms with Crippen molar-refractivity contribution in [2.24, 2.45) is 17.6 Å². The molecule has 0 aliphatic carbocycles. The molecule has 1 fully saturated rings.